The van der Waals surface area contributed by atoms with Crippen LogP contribution in [0.25, 0.3) is 0 Å². The first kappa shape index (κ1) is 11.0. The summed E-state index contributed by atoms with van der Waals surface area (Å²) in [6.07, 6.45) is 1.60. The highest BCUT2D eigenvalue weighted by Crippen LogP contribution is 2.18. The first-order valence-electron chi connectivity index (χ1n) is 4.80. The summed E-state index contributed by atoms with van der Waals surface area (Å²) in [5.41, 5.74) is 6.11. The predicted octanol–water partition coefficient (Wildman–Crippen LogP) is 2.37. The van der Waals surface area contributed by atoms with Gasteiger partial charge in [-0.05, 0) is 18.2 Å². The Labute approximate surface area is 98.0 Å². The summed E-state index contributed by atoms with van der Waals surface area (Å²) < 4.78 is 10.6. The summed E-state index contributed by atoms with van der Waals surface area (Å²) in [6, 6.07) is 7.05. The standard InChI is InChI=1S/C11H11ClN2O2/c12-9-3-4-11(14-10(9)6-13)16-7-8-2-1-5-15-8/h1-5H,6-7,13H2. The number of halogens is 1. The van der Waals surface area contributed by atoms with Crippen LogP contribution in [0.5, 0.6) is 5.88 Å². The first-order valence-corrected chi connectivity index (χ1v) is 5.18. The molecule has 0 saturated heterocycles. The Morgan fingerprint density at radius 3 is 2.94 bits per heavy atom. The molecule has 0 amide bonds. The van der Waals surface area contributed by atoms with E-state index in [-0.39, 0.29) is 6.54 Å². The third-order valence-electron chi connectivity index (χ3n) is 2.03. The smallest absolute Gasteiger partial charge is 0.214 e. The molecular formula is C11H11ClN2O2. The number of ether oxygens (including phenoxy) is 1. The zero-order chi connectivity index (χ0) is 11.4. The molecule has 0 aliphatic rings. The molecule has 0 atom stereocenters. The van der Waals surface area contributed by atoms with E-state index in [4.69, 9.17) is 26.5 Å². The molecular weight excluding hydrogens is 228 g/mol. The molecule has 0 unspecified atom stereocenters. The minimum atomic E-state index is 0.288. The van der Waals surface area contributed by atoms with Crippen LogP contribution >= 0.6 is 11.6 Å². The van der Waals surface area contributed by atoms with Crippen molar-refractivity contribution in [1.82, 2.24) is 4.98 Å². The molecule has 0 aromatic carbocycles. The molecule has 84 valence electrons. The monoisotopic (exact) mass is 238 g/mol. The van der Waals surface area contributed by atoms with Gasteiger partial charge in [-0.15, -0.1) is 0 Å². The Morgan fingerprint density at radius 1 is 1.38 bits per heavy atom. The second-order valence-electron chi connectivity index (χ2n) is 3.15. The van der Waals surface area contributed by atoms with Gasteiger partial charge in [-0.2, -0.15) is 0 Å². The maximum absolute atomic E-state index is 5.88. The number of hydrogen-bond donors (Lipinski definition) is 1. The molecule has 0 fully saturated rings. The van der Waals surface area contributed by atoms with Crippen LogP contribution in [-0.4, -0.2) is 4.98 Å². The second kappa shape index (κ2) is 5.01. The molecule has 2 rings (SSSR count). The number of furan rings is 1. The first-order chi connectivity index (χ1) is 7.79. The Bertz CT molecular complexity index is 457. The molecule has 2 aromatic heterocycles. The highest BCUT2D eigenvalue weighted by Gasteiger charge is 2.04. The third kappa shape index (κ3) is 2.53. The molecule has 0 saturated carbocycles. The molecule has 5 heteroatoms. The Kier molecular flexibility index (Phi) is 3.44. The van der Waals surface area contributed by atoms with Gasteiger partial charge in [0.05, 0.1) is 17.0 Å². The summed E-state index contributed by atoms with van der Waals surface area (Å²) in [4.78, 5) is 4.17. The van der Waals surface area contributed by atoms with Gasteiger partial charge in [0.25, 0.3) is 0 Å². The van der Waals surface area contributed by atoms with E-state index in [9.17, 15) is 0 Å². The average Bonchev–Trinajstić information content (AvgIpc) is 2.81. The van der Waals surface area contributed by atoms with E-state index in [0.29, 0.717) is 23.2 Å². The molecule has 16 heavy (non-hydrogen) atoms. The Hall–Kier alpha value is -1.52. The van der Waals surface area contributed by atoms with Crippen LogP contribution in [0, 0.1) is 0 Å². The van der Waals surface area contributed by atoms with E-state index in [1.165, 1.54) is 0 Å². The average molecular weight is 239 g/mol. The molecule has 0 radical (unpaired) electrons. The van der Waals surface area contributed by atoms with Crippen molar-refractivity contribution < 1.29 is 9.15 Å². The summed E-state index contributed by atoms with van der Waals surface area (Å²) in [6.45, 7) is 0.627. The van der Waals surface area contributed by atoms with Crippen LogP contribution in [0.3, 0.4) is 0 Å². The van der Waals surface area contributed by atoms with Gasteiger partial charge in [0.2, 0.25) is 5.88 Å². The lowest BCUT2D eigenvalue weighted by atomic mass is 10.3. The van der Waals surface area contributed by atoms with E-state index in [2.05, 4.69) is 4.98 Å². The van der Waals surface area contributed by atoms with Crippen LogP contribution < -0.4 is 10.5 Å². The number of rotatable bonds is 4. The number of pyridine rings is 1. The molecule has 2 aromatic rings. The number of nitrogens with zero attached hydrogens (tertiary/aromatic N) is 1. The zero-order valence-corrected chi connectivity index (χ0v) is 9.28. The van der Waals surface area contributed by atoms with E-state index in [0.717, 1.165) is 5.76 Å². The van der Waals surface area contributed by atoms with Gasteiger partial charge in [-0.3, -0.25) is 0 Å². The van der Waals surface area contributed by atoms with Gasteiger partial charge in [0, 0.05) is 12.6 Å². The molecule has 0 bridgehead atoms. The van der Waals surface area contributed by atoms with Crippen molar-refractivity contribution in [2.24, 2.45) is 5.73 Å². The Morgan fingerprint density at radius 2 is 2.25 bits per heavy atom. The van der Waals surface area contributed by atoms with E-state index >= 15 is 0 Å². The normalized spacial score (nSPS) is 10.4. The number of nitrogens with two attached hydrogens (primary N) is 1. The fraction of sp³-hybridized carbons (Fsp3) is 0.182. The lowest BCUT2D eigenvalue weighted by molar-refractivity contribution is 0.260. The Balaban J connectivity index is 2.04. The summed E-state index contributed by atoms with van der Waals surface area (Å²) in [5.74, 6) is 1.23. The molecule has 2 N–H and O–H groups in total. The van der Waals surface area contributed by atoms with Crippen LogP contribution in [0.4, 0.5) is 0 Å². The second-order valence-corrected chi connectivity index (χ2v) is 3.56. The third-order valence-corrected chi connectivity index (χ3v) is 2.37. The van der Waals surface area contributed by atoms with Crippen molar-refractivity contribution in [2.75, 3.05) is 0 Å². The number of aromatic nitrogens is 1. The van der Waals surface area contributed by atoms with Crippen molar-refractivity contribution in [3.63, 3.8) is 0 Å². The fourth-order valence-electron chi connectivity index (χ4n) is 1.23. The summed E-state index contributed by atoms with van der Waals surface area (Å²) >= 11 is 5.88. The highest BCUT2D eigenvalue weighted by molar-refractivity contribution is 6.31. The van der Waals surface area contributed by atoms with Crippen molar-refractivity contribution >= 4 is 11.6 Å². The molecule has 0 spiro atoms. The van der Waals surface area contributed by atoms with Gasteiger partial charge in [-0.25, -0.2) is 4.98 Å². The molecule has 0 aliphatic heterocycles. The molecule has 0 aliphatic carbocycles. The predicted molar refractivity (Wildman–Crippen MR) is 60.2 cm³/mol. The summed E-state index contributed by atoms with van der Waals surface area (Å²) in [5, 5.41) is 0.549. The van der Waals surface area contributed by atoms with Gasteiger partial charge in [0.1, 0.15) is 12.4 Å². The van der Waals surface area contributed by atoms with Gasteiger partial charge >= 0.3 is 0 Å². The van der Waals surface area contributed by atoms with Gasteiger partial charge in [-0.1, -0.05) is 11.6 Å². The quantitative estimate of drug-likeness (QED) is 0.888. The van der Waals surface area contributed by atoms with E-state index in [1.54, 1.807) is 24.5 Å². The summed E-state index contributed by atoms with van der Waals surface area (Å²) in [7, 11) is 0. The van der Waals surface area contributed by atoms with E-state index < -0.39 is 0 Å². The van der Waals surface area contributed by atoms with Gasteiger partial charge in [0.15, 0.2) is 0 Å². The van der Waals surface area contributed by atoms with E-state index in [1.807, 2.05) is 6.07 Å². The highest BCUT2D eigenvalue weighted by atomic mass is 35.5. The minimum Gasteiger partial charge on any atom is -0.469 e. The molecule has 4 nitrogen and oxygen atoms in total. The number of hydrogen-bond acceptors (Lipinski definition) is 4. The van der Waals surface area contributed by atoms with Crippen LogP contribution in [0.1, 0.15) is 11.5 Å². The maximum Gasteiger partial charge on any atom is 0.214 e. The van der Waals surface area contributed by atoms with Gasteiger partial charge < -0.3 is 14.9 Å². The van der Waals surface area contributed by atoms with Crippen molar-refractivity contribution in [3.8, 4) is 5.88 Å². The topological polar surface area (TPSA) is 61.3 Å². The van der Waals surface area contributed by atoms with Crippen LogP contribution in [-0.2, 0) is 13.2 Å². The zero-order valence-electron chi connectivity index (χ0n) is 8.52. The fourth-order valence-corrected chi connectivity index (χ4v) is 1.41. The largest absolute Gasteiger partial charge is 0.469 e. The van der Waals surface area contributed by atoms with Crippen molar-refractivity contribution in [1.29, 1.82) is 0 Å². The van der Waals surface area contributed by atoms with Crippen LogP contribution in [0.15, 0.2) is 34.9 Å². The SMILES string of the molecule is NCc1nc(OCc2ccco2)ccc1Cl. The molecule has 2 heterocycles. The van der Waals surface area contributed by atoms with Crippen LogP contribution in [0.2, 0.25) is 5.02 Å². The lowest BCUT2D eigenvalue weighted by Crippen LogP contribution is -2.03. The lowest BCUT2D eigenvalue weighted by Gasteiger charge is -2.05. The minimum absolute atomic E-state index is 0.288. The maximum atomic E-state index is 5.88. The van der Waals surface area contributed by atoms with Crippen molar-refractivity contribution in [2.45, 2.75) is 13.2 Å². The van der Waals surface area contributed by atoms with Crippen molar-refractivity contribution in [3.05, 3.63) is 47.0 Å².